The molecular weight excluding hydrogens is 204 g/mol. The molecule has 13 heavy (non-hydrogen) atoms. The minimum absolute atomic E-state index is 0.0628. The highest BCUT2D eigenvalue weighted by Crippen LogP contribution is 2.20. The molecule has 4 nitrogen and oxygen atoms in total. The minimum atomic E-state index is -3.92. The fraction of sp³-hybridized carbons (Fsp3) is 0.167. The van der Waals surface area contributed by atoms with E-state index in [0.29, 0.717) is 0 Å². The Morgan fingerprint density at radius 2 is 2.00 bits per heavy atom. The summed E-state index contributed by atoms with van der Waals surface area (Å²) in [7, 11) is 0. The van der Waals surface area contributed by atoms with Gasteiger partial charge in [0.2, 0.25) is 0 Å². The molecule has 0 aliphatic rings. The third-order valence-electron chi connectivity index (χ3n) is 1.08. The number of amides is 1. The van der Waals surface area contributed by atoms with Crippen molar-refractivity contribution < 1.29 is 13.6 Å². The Balaban J connectivity index is 2.66. The highest BCUT2D eigenvalue weighted by molar-refractivity contribution is 6.33. The SMILES string of the molecule is O=C(Nc1cncnc1)C(F)(F)Cl. The maximum atomic E-state index is 12.1. The van der Waals surface area contributed by atoms with Crippen LogP contribution in [0.4, 0.5) is 14.5 Å². The minimum Gasteiger partial charge on any atom is -0.317 e. The molecule has 0 aliphatic heterocycles. The Kier molecular flexibility index (Phi) is 2.72. The average molecular weight is 208 g/mol. The van der Waals surface area contributed by atoms with Crippen molar-refractivity contribution in [3.05, 3.63) is 18.7 Å². The van der Waals surface area contributed by atoms with Crippen LogP contribution in [0, 0.1) is 0 Å². The first-order chi connectivity index (χ1) is 6.00. The quantitative estimate of drug-likeness (QED) is 0.743. The summed E-state index contributed by atoms with van der Waals surface area (Å²) in [5.41, 5.74) is 0.0628. The second-order valence-electron chi connectivity index (χ2n) is 2.08. The first-order valence-electron chi connectivity index (χ1n) is 3.13. The molecule has 0 aliphatic carbocycles. The van der Waals surface area contributed by atoms with Crippen LogP contribution < -0.4 is 5.32 Å². The van der Waals surface area contributed by atoms with Gasteiger partial charge in [-0.1, -0.05) is 0 Å². The molecule has 0 bridgehead atoms. The van der Waals surface area contributed by atoms with Crippen LogP contribution >= 0.6 is 11.6 Å². The lowest BCUT2D eigenvalue weighted by Crippen LogP contribution is -2.28. The van der Waals surface area contributed by atoms with Crippen LogP contribution in [0.5, 0.6) is 0 Å². The van der Waals surface area contributed by atoms with E-state index >= 15 is 0 Å². The summed E-state index contributed by atoms with van der Waals surface area (Å²) in [4.78, 5) is 17.6. The number of alkyl halides is 3. The monoisotopic (exact) mass is 207 g/mol. The molecule has 1 aromatic heterocycles. The summed E-state index contributed by atoms with van der Waals surface area (Å²) < 4.78 is 24.2. The Morgan fingerprint density at radius 1 is 1.46 bits per heavy atom. The number of rotatable bonds is 2. The van der Waals surface area contributed by atoms with Gasteiger partial charge in [0.05, 0.1) is 18.1 Å². The standard InChI is InChI=1S/C6H4ClF2N3O/c7-6(8,9)5(13)12-4-1-10-3-11-2-4/h1-3H,(H,12,13). The Hall–Kier alpha value is -1.30. The first kappa shape index (κ1) is 9.79. The smallest absolute Gasteiger partial charge is 0.317 e. The van der Waals surface area contributed by atoms with Crippen molar-refractivity contribution in [2.45, 2.75) is 5.38 Å². The molecule has 0 fully saturated rings. The maximum Gasteiger partial charge on any atom is 0.400 e. The lowest BCUT2D eigenvalue weighted by molar-refractivity contribution is -0.130. The molecule has 0 atom stereocenters. The predicted molar refractivity (Wildman–Crippen MR) is 41.5 cm³/mol. The summed E-state index contributed by atoms with van der Waals surface area (Å²) in [5.74, 6) is -1.61. The van der Waals surface area contributed by atoms with Gasteiger partial charge in [0, 0.05) is 0 Å². The van der Waals surface area contributed by atoms with Gasteiger partial charge in [-0.3, -0.25) is 4.79 Å². The number of nitrogens with zero attached hydrogens (tertiary/aromatic N) is 2. The van der Waals surface area contributed by atoms with Gasteiger partial charge >= 0.3 is 11.3 Å². The fourth-order valence-corrected chi connectivity index (χ4v) is 0.613. The normalized spacial score (nSPS) is 11.0. The third-order valence-corrected chi connectivity index (χ3v) is 1.25. The van der Waals surface area contributed by atoms with E-state index in [2.05, 4.69) is 21.6 Å². The van der Waals surface area contributed by atoms with Crippen LogP contribution in [-0.2, 0) is 4.79 Å². The number of anilines is 1. The molecule has 0 unspecified atom stereocenters. The van der Waals surface area contributed by atoms with Crippen molar-refractivity contribution in [2.75, 3.05) is 5.32 Å². The van der Waals surface area contributed by atoms with E-state index < -0.39 is 11.3 Å². The van der Waals surface area contributed by atoms with Crippen molar-refractivity contribution in [3.63, 3.8) is 0 Å². The number of carbonyl (C=O) groups is 1. The van der Waals surface area contributed by atoms with Crippen LogP contribution in [0.25, 0.3) is 0 Å². The van der Waals surface area contributed by atoms with E-state index in [1.54, 1.807) is 0 Å². The molecule has 0 radical (unpaired) electrons. The highest BCUT2D eigenvalue weighted by atomic mass is 35.5. The zero-order valence-corrected chi connectivity index (χ0v) is 6.92. The van der Waals surface area contributed by atoms with Gasteiger partial charge in [-0.25, -0.2) is 9.97 Å². The Bertz CT molecular complexity index is 300. The summed E-state index contributed by atoms with van der Waals surface area (Å²) >= 11 is 4.45. The van der Waals surface area contributed by atoms with E-state index in [1.807, 2.05) is 5.32 Å². The largest absolute Gasteiger partial charge is 0.400 e. The van der Waals surface area contributed by atoms with Gasteiger partial charge in [0.1, 0.15) is 6.33 Å². The molecule has 7 heteroatoms. The first-order valence-corrected chi connectivity index (χ1v) is 3.51. The number of nitrogens with one attached hydrogen (secondary N) is 1. The third kappa shape index (κ3) is 2.90. The van der Waals surface area contributed by atoms with Crippen molar-refractivity contribution >= 4 is 23.2 Å². The van der Waals surface area contributed by atoms with Crippen LogP contribution in [0.3, 0.4) is 0 Å². The van der Waals surface area contributed by atoms with Gasteiger partial charge in [-0.2, -0.15) is 8.78 Å². The van der Waals surface area contributed by atoms with E-state index in [0.717, 1.165) is 0 Å². The lowest BCUT2D eigenvalue weighted by atomic mass is 10.5. The highest BCUT2D eigenvalue weighted by Gasteiger charge is 2.35. The number of hydrogen-bond donors (Lipinski definition) is 1. The van der Waals surface area contributed by atoms with E-state index in [1.165, 1.54) is 18.7 Å². The molecule has 70 valence electrons. The molecular formula is C6H4ClF2N3O. The Labute approximate surface area is 76.9 Å². The molecule has 1 amide bonds. The molecule has 1 heterocycles. The number of halogens is 3. The van der Waals surface area contributed by atoms with Gasteiger partial charge in [-0.05, 0) is 11.6 Å². The second-order valence-corrected chi connectivity index (χ2v) is 2.55. The molecule has 1 N–H and O–H groups in total. The molecule has 0 aromatic carbocycles. The van der Waals surface area contributed by atoms with Gasteiger partial charge in [-0.15, -0.1) is 0 Å². The molecule has 0 saturated heterocycles. The topological polar surface area (TPSA) is 54.9 Å². The van der Waals surface area contributed by atoms with E-state index in [-0.39, 0.29) is 5.69 Å². The molecule has 1 rings (SSSR count). The molecule has 0 spiro atoms. The van der Waals surface area contributed by atoms with Crippen LogP contribution in [0.1, 0.15) is 0 Å². The molecule has 0 saturated carbocycles. The average Bonchev–Trinajstić information content (AvgIpc) is 2.04. The van der Waals surface area contributed by atoms with Crippen molar-refractivity contribution in [3.8, 4) is 0 Å². The lowest BCUT2D eigenvalue weighted by Gasteiger charge is -2.07. The van der Waals surface area contributed by atoms with Gasteiger partial charge in [0.15, 0.2) is 0 Å². The summed E-state index contributed by atoms with van der Waals surface area (Å²) in [6, 6.07) is 0. The number of aromatic nitrogens is 2. The predicted octanol–water partition coefficient (Wildman–Crippen LogP) is 1.25. The summed E-state index contributed by atoms with van der Waals surface area (Å²) in [5, 5.41) is -2.08. The van der Waals surface area contributed by atoms with Crippen LogP contribution in [-0.4, -0.2) is 21.3 Å². The zero-order chi connectivity index (χ0) is 9.90. The summed E-state index contributed by atoms with van der Waals surface area (Å²) in [6.45, 7) is 0. The maximum absolute atomic E-state index is 12.1. The van der Waals surface area contributed by atoms with Gasteiger partial charge < -0.3 is 5.32 Å². The number of hydrogen-bond acceptors (Lipinski definition) is 3. The second kappa shape index (κ2) is 3.61. The van der Waals surface area contributed by atoms with Crippen molar-refractivity contribution in [1.29, 1.82) is 0 Å². The van der Waals surface area contributed by atoms with Crippen LogP contribution in [0.2, 0.25) is 0 Å². The fourth-order valence-electron chi connectivity index (χ4n) is 0.566. The summed E-state index contributed by atoms with van der Waals surface area (Å²) in [6.07, 6.45) is 3.55. The molecule has 1 aromatic rings. The van der Waals surface area contributed by atoms with Gasteiger partial charge in [0.25, 0.3) is 0 Å². The zero-order valence-electron chi connectivity index (χ0n) is 6.17. The van der Waals surface area contributed by atoms with E-state index in [9.17, 15) is 13.6 Å². The van der Waals surface area contributed by atoms with Crippen molar-refractivity contribution in [2.24, 2.45) is 0 Å². The van der Waals surface area contributed by atoms with Crippen molar-refractivity contribution in [1.82, 2.24) is 9.97 Å². The number of carbonyl (C=O) groups excluding carboxylic acids is 1. The van der Waals surface area contributed by atoms with E-state index in [4.69, 9.17) is 0 Å². The van der Waals surface area contributed by atoms with Crippen LogP contribution in [0.15, 0.2) is 18.7 Å². The Morgan fingerprint density at radius 3 is 2.46 bits per heavy atom.